The lowest BCUT2D eigenvalue weighted by atomic mass is 9.83. The van der Waals surface area contributed by atoms with Gasteiger partial charge in [-0.05, 0) is 24.2 Å². The maximum absolute atomic E-state index is 2.40. The van der Waals surface area contributed by atoms with Crippen LogP contribution >= 0.6 is 0 Å². The SMILES string of the molecule is CCCCC(C)C[C](C)C(C)CCC. The Morgan fingerprint density at radius 1 is 1.00 bits per heavy atom. The molecule has 0 nitrogen and oxygen atoms in total. The molecule has 1 radical (unpaired) electrons. The summed E-state index contributed by atoms with van der Waals surface area (Å²) in [4.78, 5) is 0. The van der Waals surface area contributed by atoms with Crippen molar-refractivity contribution in [1.82, 2.24) is 0 Å². The van der Waals surface area contributed by atoms with Gasteiger partial charge in [-0.1, -0.05) is 66.7 Å². The Bertz CT molecular complexity index is 117. The van der Waals surface area contributed by atoms with Gasteiger partial charge < -0.3 is 0 Å². The van der Waals surface area contributed by atoms with Crippen molar-refractivity contribution in [2.24, 2.45) is 11.8 Å². The first-order chi connectivity index (χ1) is 6.61. The molecule has 0 aromatic heterocycles. The third-order valence-corrected chi connectivity index (χ3v) is 3.28. The predicted molar refractivity (Wildman–Crippen MR) is 66.3 cm³/mol. The van der Waals surface area contributed by atoms with E-state index in [2.05, 4.69) is 34.6 Å². The molecule has 0 rings (SSSR count). The molecule has 14 heavy (non-hydrogen) atoms. The summed E-state index contributed by atoms with van der Waals surface area (Å²) in [6.45, 7) is 11.7. The first-order valence-corrected chi connectivity index (χ1v) is 6.44. The molecule has 0 aliphatic rings. The van der Waals surface area contributed by atoms with Crippen molar-refractivity contribution in [3.05, 3.63) is 5.92 Å². The summed E-state index contributed by atoms with van der Waals surface area (Å²) in [6.07, 6.45) is 8.19. The maximum Gasteiger partial charge on any atom is -0.0241 e. The Kier molecular flexibility index (Phi) is 8.32. The molecule has 0 aliphatic heterocycles. The van der Waals surface area contributed by atoms with E-state index >= 15 is 0 Å². The molecule has 0 heteroatoms. The summed E-state index contributed by atoms with van der Waals surface area (Å²) in [5.41, 5.74) is 0. The molecule has 2 unspecified atom stereocenters. The highest BCUT2D eigenvalue weighted by Crippen LogP contribution is 2.27. The van der Waals surface area contributed by atoms with Crippen molar-refractivity contribution in [3.8, 4) is 0 Å². The Labute approximate surface area is 91.5 Å². The first kappa shape index (κ1) is 14.0. The highest BCUT2D eigenvalue weighted by atomic mass is 14.2. The van der Waals surface area contributed by atoms with Gasteiger partial charge in [0.2, 0.25) is 0 Å². The van der Waals surface area contributed by atoms with Crippen molar-refractivity contribution in [1.29, 1.82) is 0 Å². The van der Waals surface area contributed by atoms with Gasteiger partial charge in [-0.25, -0.2) is 0 Å². The molecule has 0 aromatic rings. The average Bonchev–Trinajstić information content (AvgIpc) is 2.15. The molecule has 0 saturated heterocycles. The zero-order valence-electron chi connectivity index (χ0n) is 10.9. The summed E-state index contributed by atoms with van der Waals surface area (Å²) in [5, 5.41) is 0. The zero-order chi connectivity index (χ0) is 11.0. The van der Waals surface area contributed by atoms with Gasteiger partial charge in [0.05, 0.1) is 0 Å². The zero-order valence-corrected chi connectivity index (χ0v) is 10.9. The summed E-state index contributed by atoms with van der Waals surface area (Å²) in [6, 6.07) is 0. The van der Waals surface area contributed by atoms with E-state index in [9.17, 15) is 0 Å². The van der Waals surface area contributed by atoms with Crippen LogP contribution in [0.15, 0.2) is 0 Å². The van der Waals surface area contributed by atoms with Gasteiger partial charge in [-0.15, -0.1) is 0 Å². The third-order valence-electron chi connectivity index (χ3n) is 3.28. The lowest BCUT2D eigenvalue weighted by Gasteiger charge is -2.22. The lowest BCUT2D eigenvalue weighted by Crippen LogP contribution is -2.09. The topological polar surface area (TPSA) is 0 Å². The minimum atomic E-state index is 0.837. The molecule has 0 heterocycles. The van der Waals surface area contributed by atoms with E-state index in [-0.39, 0.29) is 0 Å². The number of rotatable bonds is 8. The average molecular weight is 197 g/mol. The second kappa shape index (κ2) is 8.32. The lowest BCUT2D eigenvalue weighted by molar-refractivity contribution is 0.421. The fourth-order valence-electron chi connectivity index (χ4n) is 2.08. The first-order valence-electron chi connectivity index (χ1n) is 6.44. The van der Waals surface area contributed by atoms with Crippen LogP contribution in [0.5, 0.6) is 0 Å². The van der Waals surface area contributed by atoms with E-state index in [1.807, 2.05) is 0 Å². The molecular formula is C14H29. The number of unbranched alkanes of at least 4 members (excludes halogenated alkanes) is 1. The van der Waals surface area contributed by atoms with E-state index in [4.69, 9.17) is 0 Å². The Morgan fingerprint density at radius 2 is 1.64 bits per heavy atom. The van der Waals surface area contributed by atoms with Crippen LogP contribution in [0.4, 0.5) is 0 Å². The molecular weight excluding hydrogens is 168 g/mol. The molecule has 85 valence electrons. The number of hydrogen-bond donors (Lipinski definition) is 0. The van der Waals surface area contributed by atoms with Gasteiger partial charge in [-0.2, -0.15) is 0 Å². The molecule has 0 N–H and O–H groups in total. The minimum absolute atomic E-state index is 0.837. The van der Waals surface area contributed by atoms with Gasteiger partial charge in [0.15, 0.2) is 0 Å². The van der Waals surface area contributed by atoms with Crippen molar-refractivity contribution in [2.75, 3.05) is 0 Å². The second-order valence-electron chi connectivity index (χ2n) is 4.99. The smallest absolute Gasteiger partial charge is 0.0241 e. The van der Waals surface area contributed by atoms with Crippen molar-refractivity contribution in [2.45, 2.75) is 73.1 Å². The highest BCUT2D eigenvalue weighted by Gasteiger charge is 2.14. The standard InChI is InChI=1S/C14H29/c1-6-8-10-12(3)11-14(5)13(4)9-7-2/h12-13H,6-11H2,1-5H3. The van der Waals surface area contributed by atoms with Crippen molar-refractivity contribution < 1.29 is 0 Å². The van der Waals surface area contributed by atoms with Crippen molar-refractivity contribution >= 4 is 0 Å². The van der Waals surface area contributed by atoms with Gasteiger partial charge in [0.1, 0.15) is 0 Å². The van der Waals surface area contributed by atoms with E-state index < -0.39 is 0 Å². The summed E-state index contributed by atoms with van der Waals surface area (Å²) >= 11 is 0. The molecule has 0 aliphatic carbocycles. The van der Waals surface area contributed by atoms with Gasteiger partial charge in [0, 0.05) is 0 Å². The highest BCUT2D eigenvalue weighted by molar-refractivity contribution is 4.90. The van der Waals surface area contributed by atoms with Gasteiger partial charge in [-0.3, -0.25) is 0 Å². The molecule has 0 saturated carbocycles. The van der Waals surface area contributed by atoms with Crippen LogP contribution in [0.25, 0.3) is 0 Å². The van der Waals surface area contributed by atoms with Gasteiger partial charge >= 0.3 is 0 Å². The van der Waals surface area contributed by atoms with Crippen LogP contribution < -0.4 is 0 Å². The largest absolute Gasteiger partial charge is 0.0654 e. The number of hydrogen-bond acceptors (Lipinski definition) is 0. The third kappa shape index (κ3) is 6.45. The monoisotopic (exact) mass is 197 g/mol. The van der Waals surface area contributed by atoms with E-state index in [0.29, 0.717) is 0 Å². The summed E-state index contributed by atoms with van der Waals surface area (Å²) in [5.74, 6) is 3.45. The van der Waals surface area contributed by atoms with Crippen LogP contribution in [0.1, 0.15) is 73.1 Å². The molecule has 0 aromatic carbocycles. The Balaban J connectivity index is 3.63. The van der Waals surface area contributed by atoms with Crippen LogP contribution in [0.3, 0.4) is 0 Å². The minimum Gasteiger partial charge on any atom is -0.0654 e. The van der Waals surface area contributed by atoms with Crippen LogP contribution in [0.2, 0.25) is 0 Å². The normalized spacial score (nSPS) is 15.9. The second-order valence-corrected chi connectivity index (χ2v) is 4.99. The molecule has 0 amide bonds. The molecule has 0 bridgehead atoms. The molecule has 0 spiro atoms. The fraction of sp³-hybridized carbons (Fsp3) is 0.929. The van der Waals surface area contributed by atoms with Crippen molar-refractivity contribution in [3.63, 3.8) is 0 Å². The Morgan fingerprint density at radius 3 is 2.14 bits per heavy atom. The maximum atomic E-state index is 2.40. The predicted octanol–water partition coefficient (Wildman–Crippen LogP) is 5.23. The Hall–Kier alpha value is 0. The van der Waals surface area contributed by atoms with Gasteiger partial charge in [0.25, 0.3) is 0 Å². The quantitative estimate of drug-likeness (QED) is 0.499. The van der Waals surface area contributed by atoms with E-state index in [0.717, 1.165) is 11.8 Å². The van der Waals surface area contributed by atoms with Crippen LogP contribution in [-0.4, -0.2) is 0 Å². The summed E-state index contributed by atoms with van der Waals surface area (Å²) < 4.78 is 0. The molecule has 2 atom stereocenters. The van der Waals surface area contributed by atoms with Crippen LogP contribution in [-0.2, 0) is 0 Å². The van der Waals surface area contributed by atoms with E-state index in [1.165, 1.54) is 38.5 Å². The fourth-order valence-corrected chi connectivity index (χ4v) is 2.08. The summed E-state index contributed by atoms with van der Waals surface area (Å²) in [7, 11) is 0. The van der Waals surface area contributed by atoms with E-state index in [1.54, 1.807) is 5.92 Å². The van der Waals surface area contributed by atoms with Crippen LogP contribution in [0, 0.1) is 17.8 Å². The molecule has 0 fully saturated rings.